The minimum atomic E-state index is -2.88. The lowest BCUT2D eigenvalue weighted by molar-refractivity contribution is 0.479. The fourth-order valence-corrected chi connectivity index (χ4v) is 18.5. The number of anilines is 7. The van der Waals surface area contributed by atoms with Crippen LogP contribution >= 0.6 is 0 Å². The van der Waals surface area contributed by atoms with Crippen LogP contribution in [0.4, 0.5) is 39.9 Å². The number of nitrogens with zero attached hydrogens (tertiary/aromatic N) is 4. The Morgan fingerprint density at radius 2 is 0.951 bits per heavy atom. The average molecular weight is 1090 g/mol. The summed E-state index contributed by atoms with van der Waals surface area (Å²) in [5, 5.41) is 5.53. The van der Waals surface area contributed by atoms with Crippen molar-refractivity contribution < 1.29 is 4.74 Å². The molecule has 0 bridgehead atoms. The van der Waals surface area contributed by atoms with Crippen molar-refractivity contribution in [3.05, 3.63) is 241 Å². The van der Waals surface area contributed by atoms with Crippen LogP contribution in [0.3, 0.4) is 0 Å². The maximum absolute atomic E-state index is 7.38. The summed E-state index contributed by atoms with van der Waals surface area (Å²) >= 11 is 0. The lowest BCUT2D eigenvalue weighted by Crippen LogP contribution is -2.75. The first-order chi connectivity index (χ1) is 39.2. The van der Waals surface area contributed by atoms with Gasteiger partial charge in [-0.3, -0.25) is 4.90 Å². The zero-order valence-electron chi connectivity index (χ0n) is 49.7. The number of fused-ring (bicyclic) bond motifs is 6. The molecule has 1 unspecified atom stereocenters. The molecule has 4 heterocycles. The monoisotopic (exact) mass is 1090 g/mol. The van der Waals surface area contributed by atoms with E-state index in [2.05, 4.69) is 310 Å². The van der Waals surface area contributed by atoms with Crippen molar-refractivity contribution in [3.8, 4) is 44.9 Å². The van der Waals surface area contributed by atoms with Crippen LogP contribution in [-0.2, 0) is 21.7 Å². The lowest BCUT2D eigenvalue weighted by atomic mass is 9.78. The second-order valence-corrected chi connectivity index (χ2v) is 30.6. The topological polar surface area (TPSA) is 31.8 Å². The van der Waals surface area contributed by atoms with E-state index >= 15 is 0 Å². The third-order valence-electron chi connectivity index (χ3n) is 17.4. The zero-order chi connectivity index (χ0) is 57.1. The number of ether oxygens (including phenoxy) is 1. The molecule has 0 N–H and O–H groups in total. The van der Waals surface area contributed by atoms with Crippen LogP contribution in [0.15, 0.2) is 219 Å². The van der Waals surface area contributed by atoms with Crippen LogP contribution < -0.4 is 40.2 Å². The molecule has 0 saturated carbocycles. The number of aromatic nitrogens is 1. The molecule has 6 heteroatoms. The van der Waals surface area contributed by atoms with Gasteiger partial charge in [-0.15, -0.1) is 0 Å². The van der Waals surface area contributed by atoms with E-state index in [4.69, 9.17) is 9.72 Å². The van der Waals surface area contributed by atoms with Gasteiger partial charge in [-0.2, -0.15) is 0 Å². The molecule has 10 aromatic rings. The summed E-state index contributed by atoms with van der Waals surface area (Å²) in [6.07, 6.45) is 1.98. The van der Waals surface area contributed by atoms with E-state index in [1.165, 1.54) is 87.8 Å². The number of pyridine rings is 1. The first kappa shape index (κ1) is 52.9. The highest BCUT2D eigenvalue weighted by atomic mass is 28.3. The predicted molar refractivity (Wildman–Crippen MR) is 349 cm³/mol. The molecule has 0 fully saturated rings. The van der Waals surface area contributed by atoms with E-state index < -0.39 is 8.07 Å². The highest BCUT2D eigenvalue weighted by Crippen LogP contribution is 2.52. The number of benzene rings is 9. The largest absolute Gasteiger partial charge is 0.457 e. The molecule has 408 valence electrons. The van der Waals surface area contributed by atoms with Gasteiger partial charge in [0.1, 0.15) is 24.0 Å². The first-order valence-electron chi connectivity index (χ1n) is 29.2. The minimum Gasteiger partial charge on any atom is -0.457 e. The molecule has 0 aliphatic carbocycles. The van der Waals surface area contributed by atoms with Gasteiger partial charge in [-0.05, 0) is 135 Å². The smallest absolute Gasteiger partial charge is 0.185 e. The van der Waals surface area contributed by atoms with Crippen molar-refractivity contribution >= 4 is 68.8 Å². The molecule has 5 nitrogen and oxygen atoms in total. The van der Waals surface area contributed by atoms with Crippen LogP contribution in [0.5, 0.6) is 11.5 Å². The normalized spacial score (nSPS) is 15.5. The predicted octanol–water partition coefficient (Wildman–Crippen LogP) is 17.8. The van der Waals surface area contributed by atoms with Crippen LogP contribution in [0.25, 0.3) is 33.4 Å². The van der Waals surface area contributed by atoms with Gasteiger partial charge in [0.2, 0.25) is 0 Å². The third kappa shape index (κ3) is 8.85. The molecular weight excluding hydrogens is 1010 g/mol. The molecule has 3 aliphatic rings. The second-order valence-electron chi connectivity index (χ2n) is 26.9. The van der Waals surface area contributed by atoms with Gasteiger partial charge in [0, 0.05) is 40.8 Å². The summed E-state index contributed by atoms with van der Waals surface area (Å²) in [6, 6.07) is 79.6. The maximum atomic E-state index is 7.38. The Balaban J connectivity index is 0.968. The van der Waals surface area contributed by atoms with Gasteiger partial charge < -0.3 is 14.5 Å². The third-order valence-corrected chi connectivity index (χ3v) is 22.3. The summed E-state index contributed by atoms with van der Waals surface area (Å²) in [5.74, 6) is 2.46. The van der Waals surface area contributed by atoms with E-state index in [1.54, 1.807) is 0 Å². The van der Waals surface area contributed by atoms with Gasteiger partial charge in [0.15, 0.2) is 8.07 Å². The van der Waals surface area contributed by atoms with E-state index in [0.717, 1.165) is 40.1 Å². The van der Waals surface area contributed by atoms with Crippen molar-refractivity contribution in [2.24, 2.45) is 0 Å². The van der Waals surface area contributed by atoms with Crippen molar-refractivity contribution in [2.45, 2.75) is 105 Å². The molecule has 0 amide bonds. The summed E-state index contributed by atoms with van der Waals surface area (Å²) in [6.45, 7) is 28.3. The first-order valence-corrected chi connectivity index (χ1v) is 31.2. The summed E-state index contributed by atoms with van der Waals surface area (Å²) in [5.41, 5.74) is 19.0. The van der Waals surface area contributed by atoms with Crippen LogP contribution in [0.1, 0.15) is 105 Å². The Morgan fingerprint density at radius 3 is 1.63 bits per heavy atom. The van der Waals surface area contributed by atoms with Crippen molar-refractivity contribution in [2.75, 3.05) is 21.4 Å². The Hall–Kier alpha value is -8.45. The Bertz CT molecular complexity index is 4090. The maximum Gasteiger partial charge on any atom is 0.185 e. The van der Waals surface area contributed by atoms with Gasteiger partial charge in [0.05, 0.1) is 22.7 Å². The van der Waals surface area contributed by atoms with E-state index in [0.29, 0.717) is 6.67 Å². The lowest BCUT2D eigenvalue weighted by Gasteiger charge is -2.43. The molecule has 0 spiro atoms. The quantitative estimate of drug-likeness (QED) is 0.142. The number of hydrogen-bond acceptors (Lipinski definition) is 5. The number of rotatable bonds is 8. The fourth-order valence-electron chi connectivity index (χ4n) is 13.0. The Kier molecular flexibility index (Phi) is 12.5. The van der Waals surface area contributed by atoms with Gasteiger partial charge in [0.25, 0.3) is 0 Å². The SMILES string of the molecule is CC(C)(C)c1cc(Oc2ccc3c(c2)N(c2cc(C(C)(C)C)ccn2)c2cccc4c2[Si]3(c2ccccc2)c2ccccc2-4)cc(N2CN(c3c(-c4ccccc4)cccc3-c3cc(C(C)(C)C)cc(C(C)(C)C)c3)c3ccccc32)c1. The van der Waals surface area contributed by atoms with Crippen LogP contribution in [0, 0.1) is 0 Å². The van der Waals surface area contributed by atoms with Crippen LogP contribution in [0.2, 0.25) is 0 Å². The molecule has 1 aromatic heterocycles. The number of hydrogen-bond donors (Lipinski definition) is 0. The summed E-state index contributed by atoms with van der Waals surface area (Å²) in [4.78, 5) is 12.7. The molecule has 82 heavy (non-hydrogen) atoms. The standard InChI is InChI=1S/C76H74N4OSi/c1-73(2,3)52-39-40-77-70(46-52)80-66-35-24-32-63-62-29-19-22-36-68(62)82(72(63)66,59-27-17-14-18-28-59)69-38-37-57(48-67(69)80)81-58-45-55(76(10,11)12)44-56(47-58)78-49-79(65-34-21-20-33-64(65)78)71-60(50-25-15-13-16-26-50)30-23-31-61(71)51-41-53(74(4,5)6)43-54(42-51)75(7,8)9/h13-48H,49H2,1-12H3. The molecule has 9 aromatic carbocycles. The summed E-state index contributed by atoms with van der Waals surface area (Å²) < 4.78 is 7.38. The summed E-state index contributed by atoms with van der Waals surface area (Å²) in [7, 11) is -2.88. The highest BCUT2D eigenvalue weighted by molar-refractivity contribution is 7.23. The average Bonchev–Trinajstić information content (AvgIpc) is 1.60. The van der Waals surface area contributed by atoms with Crippen molar-refractivity contribution in [1.29, 1.82) is 0 Å². The van der Waals surface area contributed by atoms with E-state index in [1.807, 2.05) is 6.20 Å². The Morgan fingerprint density at radius 1 is 0.390 bits per heavy atom. The molecule has 0 radical (unpaired) electrons. The molecule has 13 rings (SSSR count). The van der Waals surface area contributed by atoms with Crippen molar-refractivity contribution in [1.82, 2.24) is 4.98 Å². The molecule has 3 aliphatic heterocycles. The fraction of sp³-hybridized carbons (Fsp3) is 0.224. The van der Waals surface area contributed by atoms with Gasteiger partial charge in [-0.1, -0.05) is 235 Å². The highest BCUT2D eigenvalue weighted by Gasteiger charge is 2.55. The molecule has 1 atom stereocenters. The van der Waals surface area contributed by atoms with Crippen molar-refractivity contribution in [3.63, 3.8) is 0 Å². The zero-order valence-corrected chi connectivity index (χ0v) is 50.7. The van der Waals surface area contributed by atoms with Gasteiger partial charge >= 0.3 is 0 Å². The molecule has 0 saturated heterocycles. The molecular formula is C76H74N4OSi. The Labute approximate surface area is 487 Å². The van der Waals surface area contributed by atoms with Crippen LogP contribution in [-0.4, -0.2) is 19.7 Å². The minimum absolute atomic E-state index is 0.0421. The second kappa shape index (κ2) is 19.3. The van der Waals surface area contributed by atoms with E-state index in [9.17, 15) is 0 Å². The van der Waals surface area contributed by atoms with Gasteiger partial charge in [-0.25, -0.2) is 4.98 Å². The van der Waals surface area contributed by atoms with E-state index in [-0.39, 0.29) is 21.7 Å². The number of para-hydroxylation sites is 3.